The zero-order valence-electron chi connectivity index (χ0n) is 21.5. The van der Waals surface area contributed by atoms with E-state index in [0.717, 1.165) is 5.56 Å². The molecule has 1 aliphatic carbocycles. The Labute approximate surface area is 193 Å². The van der Waals surface area contributed by atoms with Crippen LogP contribution in [0.5, 0.6) is 0 Å². The lowest BCUT2D eigenvalue weighted by atomic mass is 9.90. The Morgan fingerprint density at radius 2 is 1.23 bits per heavy atom. The second-order valence-corrected chi connectivity index (χ2v) is 21.7. The number of ether oxygens (including phenoxy) is 1. The standard InChI is InChI=1S/C25H46O4Si2/c1-24(2,3)30(7,8)28-21-16-20(27-18-19-14-12-11-13-15-19)17-22(23(21)26)29-31(9,10)25(4,5)6/h11-15,20-23,26H,16-18H2,1-10H3/t20?,21-,22-,23?/m1/s1. The van der Waals surface area contributed by atoms with Gasteiger partial charge in [-0.05, 0) is 41.8 Å². The molecule has 1 fully saturated rings. The highest BCUT2D eigenvalue weighted by Crippen LogP contribution is 2.42. The van der Waals surface area contributed by atoms with Crippen LogP contribution in [-0.4, -0.2) is 46.2 Å². The van der Waals surface area contributed by atoms with Crippen molar-refractivity contribution in [3.05, 3.63) is 35.9 Å². The summed E-state index contributed by atoms with van der Waals surface area (Å²) in [6, 6.07) is 10.3. The summed E-state index contributed by atoms with van der Waals surface area (Å²) >= 11 is 0. The first-order chi connectivity index (χ1) is 14.0. The Kier molecular flexibility index (Phi) is 8.43. The van der Waals surface area contributed by atoms with Crippen molar-refractivity contribution in [2.45, 2.75) is 122 Å². The first-order valence-corrected chi connectivity index (χ1v) is 17.5. The maximum atomic E-state index is 11.3. The molecule has 4 nitrogen and oxygen atoms in total. The first kappa shape index (κ1) is 26.7. The summed E-state index contributed by atoms with van der Waals surface area (Å²) in [7, 11) is -4.07. The van der Waals surface area contributed by atoms with E-state index in [1.165, 1.54) is 0 Å². The van der Waals surface area contributed by atoms with Crippen molar-refractivity contribution in [1.29, 1.82) is 0 Å². The Morgan fingerprint density at radius 3 is 1.61 bits per heavy atom. The van der Waals surface area contributed by atoms with Crippen LogP contribution in [0.1, 0.15) is 59.9 Å². The van der Waals surface area contributed by atoms with E-state index < -0.39 is 22.7 Å². The van der Waals surface area contributed by atoms with Gasteiger partial charge in [-0.3, -0.25) is 0 Å². The molecule has 0 radical (unpaired) electrons. The van der Waals surface area contributed by atoms with Crippen LogP contribution in [0.3, 0.4) is 0 Å². The minimum absolute atomic E-state index is 0.00754. The average Bonchev–Trinajstić information content (AvgIpc) is 2.62. The SMILES string of the molecule is CC(C)(C)[Si](C)(C)O[C@@H]1CC(OCc2ccccc2)C[C@@H](O[Si](C)(C)C(C)(C)C)C1O. The number of hydrogen-bond acceptors (Lipinski definition) is 4. The highest BCUT2D eigenvalue weighted by Gasteiger charge is 2.48. The molecule has 6 heteroatoms. The van der Waals surface area contributed by atoms with Gasteiger partial charge in [0, 0.05) is 12.8 Å². The number of hydrogen-bond donors (Lipinski definition) is 1. The highest BCUT2D eigenvalue weighted by molar-refractivity contribution is 6.74. The van der Waals surface area contributed by atoms with Crippen molar-refractivity contribution >= 4 is 16.6 Å². The Morgan fingerprint density at radius 1 is 0.806 bits per heavy atom. The summed E-state index contributed by atoms with van der Waals surface area (Å²) in [5, 5.41) is 11.5. The number of benzene rings is 1. The van der Waals surface area contributed by atoms with Gasteiger partial charge in [-0.15, -0.1) is 0 Å². The van der Waals surface area contributed by atoms with Crippen molar-refractivity contribution in [2.75, 3.05) is 0 Å². The zero-order valence-corrected chi connectivity index (χ0v) is 23.5. The first-order valence-electron chi connectivity index (χ1n) is 11.7. The molecule has 2 atom stereocenters. The Hall–Kier alpha value is -0.506. The lowest BCUT2D eigenvalue weighted by Gasteiger charge is -2.48. The van der Waals surface area contributed by atoms with E-state index in [0.29, 0.717) is 19.4 Å². The van der Waals surface area contributed by atoms with Crippen LogP contribution in [0.25, 0.3) is 0 Å². The molecule has 1 N–H and O–H groups in total. The fraction of sp³-hybridized carbons (Fsp3) is 0.760. The van der Waals surface area contributed by atoms with Gasteiger partial charge in [-0.1, -0.05) is 71.9 Å². The molecule has 0 unspecified atom stereocenters. The monoisotopic (exact) mass is 466 g/mol. The van der Waals surface area contributed by atoms with E-state index in [1.807, 2.05) is 18.2 Å². The van der Waals surface area contributed by atoms with E-state index in [-0.39, 0.29) is 28.4 Å². The van der Waals surface area contributed by atoms with Gasteiger partial charge < -0.3 is 18.7 Å². The normalized spacial score (nSPS) is 26.2. The number of rotatable bonds is 7. The topological polar surface area (TPSA) is 47.9 Å². The summed E-state index contributed by atoms with van der Waals surface area (Å²) in [5.74, 6) is 0. The summed E-state index contributed by atoms with van der Waals surface area (Å²) in [6.45, 7) is 23.0. The lowest BCUT2D eigenvalue weighted by molar-refractivity contribution is -0.124. The lowest BCUT2D eigenvalue weighted by Crippen LogP contribution is -2.57. The third-order valence-electron chi connectivity index (χ3n) is 7.59. The van der Waals surface area contributed by atoms with E-state index in [4.69, 9.17) is 13.6 Å². The van der Waals surface area contributed by atoms with Gasteiger partial charge in [-0.2, -0.15) is 0 Å². The molecule has 0 bridgehead atoms. The smallest absolute Gasteiger partial charge is 0.192 e. The molecule has 1 aliphatic rings. The third-order valence-corrected chi connectivity index (χ3v) is 16.6. The molecule has 0 heterocycles. The number of aliphatic hydroxyl groups excluding tert-OH is 1. The summed E-state index contributed by atoms with van der Waals surface area (Å²) < 4.78 is 19.8. The minimum atomic E-state index is -2.04. The van der Waals surface area contributed by atoms with Crippen molar-refractivity contribution in [3.63, 3.8) is 0 Å². The molecule has 1 aromatic carbocycles. The molecule has 1 saturated carbocycles. The molecule has 0 aliphatic heterocycles. The molecular formula is C25H46O4Si2. The molecule has 0 aromatic heterocycles. The van der Waals surface area contributed by atoms with E-state index >= 15 is 0 Å². The van der Waals surface area contributed by atoms with Crippen LogP contribution < -0.4 is 0 Å². The predicted molar refractivity (Wildman–Crippen MR) is 134 cm³/mol. The molecule has 0 saturated heterocycles. The molecule has 1 aromatic rings. The third kappa shape index (κ3) is 6.99. The molecule has 0 spiro atoms. The highest BCUT2D eigenvalue weighted by atomic mass is 28.4. The summed E-state index contributed by atoms with van der Waals surface area (Å²) in [5.41, 5.74) is 1.16. The van der Waals surface area contributed by atoms with Crippen molar-refractivity contribution < 1.29 is 18.7 Å². The maximum Gasteiger partial charge on any atom is 0.192 e. The van der Waals surface area contributed by atoms with Crippen LogP contribution in [0.15, 0.2) is 30.3 Å². The second-order valence-electron chi connectivity index (χ2n) is 12.2. The van der Waals surface area contributed by atoms with E-state index in [2.05, 4.69) is 79.9 Å². The fourth-order valence-electron chi connectivity index (χ4n) is 3.40. The van der Waals surface area contributed by atoms with E-state index in [1.54, 1.807) is 0 Å². The van der Waals surface area contributed by atoms with Crippen LogP contribution in [-0.2, 0) is 20.2 Å². The quantitative estimate of drug-likeness (QED) is 0.465. The zero-order chi connectivity index (χ0) is 23.7. The predicted octanol–water partition coefficient (Wildman–Crippen LogP) is 6.51. The van der Waals surface area contributed by atoms with Gasteiger partial charge in [-0.25, -0.2) is 0 Å². The van der Waals surface area contributed by atoms with Gasteiger partial charge in [0.1, 0.15) is 6.10 Å². The van der Waals surface area contributed by atoms with Gasteiger partial charge in [0.25, 0.3) is 0 Å². The second kappa shape index (κ2) is 9.78. The van der Waals surface area contributed by atoms with Crippen molar-refractivity contribution in [1.82, 2.24) is 0 Å². The molecule has 0 amide bonds. The van der Waals surface area contributed by atoms with Gasteiger partial charge in [0.2, 0.25) is 0 Å². The van der Waals surface area contributed by atoms with Crippen molar-refractivity contribution in [3.8, 4) is 0 Å². The van der Waals surface area contributed by atoms with Gasteiger partial charge in [0.15, 0.2) is 16.6 Å². The minimum Gasteiger partial charge on any atom is -0.411 e. The molecular weight excluding hydrogens is 420 g/mol. The summed E-state index contributed by atoms with van der Waals surface area (Å²) in [6.07, 6.45) is 0.277. The van der Waals surface area contributed by atoms with Crippen molar-refractivity contribution in [2.24, 2.45) is 0 Å². The van der Waals surface area contributed by atoms with E-state index in [9.17, 15) is 5.11 Å². The molecule has 31 heavy (non-hydrogen) atoms. The van der Waals surface area contributed by atoms with Crippen LogP contribution in [0.4, 0.5) is 0 Å². The number of aliphatic hydroxyl groups is 1. The van der Waals surface area contributed by atoms with Gasteiger partial charge >= 0.3 is 0 Å². The van der Waals surface area contributed by atoms with Crippen LogP contribution >= 0.6 is 0 Å². The summed E-state index contributed by atoms with van der Waals surface area (Å²) in [4.78, 5) is 0. The van der Waals surface area contributed by atoms with Crippen LogP contribution in [0, 0.1) is 0 Å². The van der Waals surface area contributed by atoms with Crippen LogP contribution in [0.2, 0.25) is 36.3 Å². The molecule has 178 valence electrons. The Balaban J connectivity index is 2.21. The van der Waals surface area contributed by atoms with Gasteiger partial charge in [0.05, 0.1) is 24.9 Å². The average molecular weight is 467 g/mol. The fourth-order valence-corrected chi connectivity index (χ4v) is 6.10. The largest absolute Gasteiger partial charge is 0.411 e. The molecule has 2 rings (SSSR count). The maximum absolute atomic E-state index is 11.3. The Bertz CT molecular complexity index is 654.